The van der Waals surface area contributed by atoms with Crippen molar-refractivity contribution >= 4 is 37.3 Å². The third-order valence-corrected chi connectivity index (χ3v) is 6.47. The fourth-order valence-corrected chi connectivity index (χ4v) is 5.15. The molecule has 0 aliphatic heterocycles. The van der Waals surface area contributed by atoms with Crippen molar-refractivity contribution in [3.63, 3.8) is 0 Å². The zero-order valence-electron chi connectivity index (χ0n) is 11.5. The number of hydrogen-bond donors (Lipinski definition) is 2. The van der Waals surface area contributed by atoms with Crippen molar-refractivity contribution in [1.82, 2.24) is 14.9 Å². The second-order valence-electron chi connectivity index (χ2n) is 4.55. The second-order valence-corrected chi connectivity index (χ2v) is 8.74. The van der Waals surface area contributed by atoms with Gasteiger partial charge in [0.1, 0.15) is 4.90 Å². The minimum absolute atomic E-state index is 0.143. The van der Waals surface area contributed by atoms with Gasteiger partial charge in [-0.3, -0.25) is 0 Å². The average Bonchev–Trinajstić information content (AvgIpc) is 2.68. The second kappa shape index (κ2) is 7.14. The zero-order valence-corrected chi connectivity index (χ0v) is 14.7. The summed E-state index contributed by atoms with van der Waals surface area (Å²) >= 11 is 4.75. The van der Waals surface area contributed by atoms with Crippen molar-refractivity contribution in [3.05, 3.63) is 14.7 Å². The molecule has 0 aliphatic rings. The van der Waals surface area contributed by atoms with Gasteiger partial charge in [-0.25, -0.2) is 13.1 Å². The SMILES string of the molecule is CNCc1cc(S(=O)(=O)NCC(C)N(C)C)c(Br)s1. The fourth-order valence-electron chi connectivity index (χ4n) is 1.33. The molecule has 8 heteroatoms. The number of sulfonamides is 1. The predicted molar refractivity (Wildman–Crippen MR) is 83.1 cm³/mol. The molecule has 1 unspecified atom stereocenters. The Bertz CT molecular complexity index is 514. The number of rotatable bonds is 7. The Morgan fingerprint density at radius 2 is 2.11 bits per heavy atom. The maximum Gasteiger partial charge on any atom is 0.242 e. The van der Waals surface area contributed by atoms with Gasteiger partial charge in [0.15, 0.2) is 0 Å². The molecule has 2 N–H and O–H groups in total. The number of nitrogens with one attached hydrogen (secondary N) is 2. The van der Waals surface area contributed by atoms with E-state index in [1.807, 2.05) is 33.0 Å². The maximum absolute atomic E-state index is 12.2. The van der Waals surface area contributed by atoms with Crippen LogP contribution < -0.4 is 10.0 Å². The van der Waals surface area contributed by atoms with Crippen LogP contribution in [-0.2, 0) is 16.6 Å². The summed E-state index contributed by atoms with van der Waals surface area (Å²) in [5.74, 6) is 0. The summed E-state index contributed by atoms with van der Waals surface area (Å²) in [6.45, 7) is 3.02. The Hall–Kier alpha value is 0.01000. The summed E-state index contributed by atoms with van der Waals surface area (Å²) in [5, 5.41) is 3.01. The Morgan fingerprint density at radius 1 is 1.47 bits per heavy atom. The highest BCUT2D eigenvalue weighted by atomic mass is 79.9. The van der Waals surface area contributed by atoms with Crippen molar-refractivity contribution in [3.8, 4) is 0 Å². The van der Waals surface area contributed by atoms with Crippen LogP contribution in [0, 0.1) is 0 Å². The molecule has 0 saturated carbocycles. The fraction of sp³-hybridized carbons (Fsp3) is 0.636. The first-order valence-electron chi connectivity index (χ1n) is 5.87. The lowest BCUT2D eigenvalue weighted by Gasteiger charge is -2.19. The highest BCUT2D eigenvalue weighted by Crippen LogP contribution is 2.31. The first kappa shape index (κ1) is 17.1. The maximum atomic E-state index is 12.2. The van der Waals surface area contributed by atoms with E-state index in [9.17, 15) is 8.42 Å². The lowest BCUT2D eigenvalue weighted by molar-refractivity contribution is 0.314. The highest BCUT2D eigenvalue weighted by molar-refractivity contribution is 9.11. The van der Waals surface area contributed by atoms with Crippen LogP contribution >= 0.6 is 27.3 Å². The van der Waals surface area contributed by atoms with Gasteiger partial charge in [-0.15, -0.1) is 11.3 Å². The number of thiophene rings is 1. The Balaban J connectivity index is 2.82. The molecule has 1 rings (SSSR count). The molecule has 0 fully saturated rings. The van der Waals surface area contributed by atoms with Crippen molar-refractivity contribution in [2.45, 2.75) is 24.4 Å². The molecule has 1 aromatic heterocycles. The summed E-state index contributed by atoms with van der Waals surface area (Å²) in [7, 11) is 2.22. The zero-order chi connectivity index (χ0) is 14.6. The number of halogens is 1. The Labute approximate surface area is 127 Å². The van der Waals surface area contributed by atoms with E-state index in [-0.39, 0.29) is 6.04 Å². The number of nitrogens with zero attached hydrogens (tertiary/aromatic N) is 1. The van der Waals surface area contributed by atoms with Gasteiger partial charge in [0.25, 0.3) is 0 Å². The lowest BCUT2D eigenvalue weighted by atomic mass is 10.3. The first-order chi connectivity index (χ1) is 8.77. The summed E-state index contributed by atoms with van der Waals surface area (Å²) in [5.41, 5.74) is 0. The molecule has 0 bridgehead atoms. The standard InChI is InChI=1S/C11H20BrN3O2S2/c1-8(15(3)4)6-14-19(16,17)10-5-9(7-13-2)18-11(10)12/h5,8,13-14H,6-7H2,1-4H3. The molecule has 0 radical (unpaired) electrons. The Kier molecular flexibility index (Phi) is 6.41. The topological polar surface area (TPSA) is 61.4 Å². The summed E-state index contributed by atoms with van der Waals surface area (Å²) in [6.07, 6.45) is 0. The van der Waals surface area contributed by atoms with E-state index < -0.39 is 10.0 Å². The molecule has 1 heterocycles. The predicted octanol–water partition coefficient (Wildman–Crippen LogP) is 1.46. The molecule has 0 saturated heterocycles. The van der Waals surface area contributed by atoms with Gasteiger partial charge < -0.3 is 10.2 Å². The van der Waals surface area contributed by atoms with Crippen LogP contribution in [0.2, 0.25) is 0 Å². The van der Waals surface area contributed by atoms with E-state index in [1.165, 1.54) is 11.3 Å². The third-order valence-electron chi connectivity index (χ3n) is 2.80. The molecule has 19 heavy (non-hydrogen) atoms. The van der Waals surface area contributed by atoms with Gasteiger partial charge >= 0.3 is 0 Å². The van der Waals surface area contributed by atoms with E-state index in [1.54, 1.807) is 6.07 Å². The van der Waals surface area contributed by atoms with Crippen LogP contribution in [0.1, 0.15) is 11.8 Å². The van der Waals surface area contributed by atoms with Crippen molar-refractivity contribution in [2.24, 2.45) is 0 Å². The van der Waals surface area contributed by atoms with Crippen LogP contribution in [0.15, 0.2) is 14.7 Å². The molecule has 0 spiro atoms. The average molecular weight is 370 g/mol. The van der Waals surface area contributed by atoms with Gasteiger partial charge in [-0.2, -0.15) is 0 Å². The molecule has 1 atom stereocenters. The highest BCUT2D eigenvalue weighted by Gasteiger charge is 2.21. The molecular formula is C11H20BrN3O2S2. The van der Waals surface area contributed by atoms with Gasteiger partial charge in [0.2, 0.25) is 10.0 Å². The normalized spacial score (nSPS) is 14.0. The summed E-state index contributed by atoms with van der Waals surface area (Å²) < 4.78 is 27.7. The molecular weight excluding hydrogens is 350 g/mol. The minimum Gasteiger partial charge on any atom is -0.315 e. The lowest BCUT2D eigenvalue weighted by Crippen LogP contribution is -2.38. The monoisotopic (exact) mass is 369 g/mol. The third kappa shape index (κ3) is 4.80. The van der Waals surface area contributed by atoms with Gasteiger partial charge in [0.05, 0.1) is 3.79 Å². The van der Waals surface area contributed by atoms with Crippen molar-refractivity contribution in [1.29, 1.82) is 0 Å². The van der Waals surface area contributed by atoms with Gasteiger partial charge in [0, 0.05) is 24.0 Å². The molecule has 0 aromatic carbocycles. The van der Waals surface area contributed by atoms with E-state index in [0.717, 1.165) is 4.88 Å². The van der Waals surface area contributed by atoms with E-state index in [2.05, 4.69) is 26.0 Å². The molecule has 0 aliphatic carbocycles. The van der Waals surface area contributed by atoms with E-state index in [0.29, 0.717) is 21.8 Å². The quantitative estimate of drug-likeness (QED) is 0.763. The Morgan fingerprint density at radius 3 is 2.63 bits per heavy atom. The smallest absolute Gasteiger partial charge is 0.242 e. The number of hydrogen-bond acceptors (Lipinski definition) is 5. The summed E-state index contributed by atoms with van der Waals surface area (Å²) in [6, 6.07) is 1.84. The molecule has 5 nitrogen and oxygen atoms in total. The van der Waals surface area contributed by atoms with Crippen LogP contribution in [0.3, 0.4) is 0 Å². The number of likely N-dealkylation sites (N-methyl/N-ethyl adjacent to an activating group) is 1. The van der Waals surface area contributed by atoms with E-state index in [4.69, 9.17) is 0 Å². The van der Waals surface area contributed by atoms with Crippen molar-refractivity contribution < 1.29 is 8.42 Å². The largest absolute Gasteiger partial charge is 0.315 e. The van der Waals surface area contributed by atoms with Crippen LogP contribution in [-0.4, -0.2) is 47.0 Å². The molecule has 110 valence electrons. The molecule has 1 aromatic rings. The van der Waals surface area contributed by atoms with Crippen LogP contribution in [0.4, 0.5) is 0 Å². The van der Waals surface area contributed by atoms with Crippen molar-refractivity contribution in [2.75, 3.05) is 27.7 Å². The van der Waals surface area contributed by atoms with Gasteiger partial charge in [-0.05, 0) is 50.1 Å². The van der Waals surface area contributed by atoms with Crippen LogP contribution in [0.5, 0.6) is 0 Å². The first-order valence-corrected chi connectivity index (χ1v) is 8.96. The van der Waals surface area contributed by atoms with E-state index >= 15 is 0 Å². The van der Waals surface area contributed by atoms with Crippen LogP contribution in [0.25, 0.3) is 0 Å². The summed E-state index contributed by atoms with van der Waals surface area (Å²) in [4.78, 5) is 3.27. The van der Waals surface area contributed by atoms with Gasteiger partial charge in [-0.1, -0.05) is 0 Å². The molecule has 0 amide bonds. The minimum atomic E-state index is -3.46.